The van der Waals surface area contributed by atoms with Gasteiger partial charge in [0.25, 0.3) is 11.8 Å². The Labute approximate surface area is 160 Å². The second-order valence-electron chi connectivity index (χ2n) is 6.37. The van der Waals surface area contributed by atoms with Crippen LogP contribution >= 0.6 is 0 Å². The highest BCUT2D eigenvalue weighted by molar-refractivity contribution is 5.94. The highest BCUT2D eigenvalue weighted by Gasteiger charge is 2.26. The molecule has 28 heavy (non-hydrogen) atoms. The topological polar surface area (TPSA) is 93.2 Å². The van der Waals surface area contributed by atoms with Crippen molar-refractivity contribution in [3.05, 3.63) is 60.2 Å². The minimum Gasteiger partial charge on any atom is -0.459 e. The summed E-state index contributed by atoms with van der Waals surface area (Å²) in [7, 11) is 0. The van der Waals surface area contributed by atoms with Gasteiger partial charge in [-0.1, -0.05) is 18.2 Å². The molecule has 4 rings (SSSR count). The number of rotatable bonds is 4. The molecule has 2 aromatic heterocycles. The largest absolute Gasteiger partial charge is 0.459 e. The normalized spacial score (nSPS) is 14.3. The average molecular weight is 382 g/mol. The van der Waals surface area contributed by atoms with E-state index in [0.29, 0.717) is 31.8 Å². The number of nitrogens with zero attached hydrogens (tertiary/aromatic N) is 2. The second-order valence-corrected chi connectivity index (χ2v) is 6.37. The standard InChI is InChI=1S/C20H18N2O6/c23-18(13-27-20(25)17-12-14-4-1-2-5-15(14)28-17)21-7-9-22(10-8-21)19(24)16-6-3-11-26-16/h1-6,11-12H,7-10,13H2. The molecule has 2 amide bonds. The van der Waals surface area contributed by atoms with Crippen LogP contribution in [0.25, 0.3) is 11.0 Å². The second kappa shape index (κ2) is 7.59. The summed E-state index contributed by atoms with van der Waals surface area (Å²) in [6.07, 6.45) is 1.45. The molecule has 0 spiro atoms. The first-order chi connectivity index (χ1) is 13.6. The lowest BCUT2D eigenvalue weighted by atomic mass is 10.2. The van der Waals surface area contributed by atoms with Crippen molar-refractivity contribution >= 4 is 28.8 Å². The van der Waals surface area contributed by atoms with E-state index in [9.17, 15) is 14.4 Å². The van der Waals surface area contributed by atoms with E-state index in [-0.39, 0.29) is 29.9 Å². The molecule has 3 heterocycles. The third-order valence-corrected chi connectivity index (χ3v) is 4.60. The molecule has 3 aromatic rings. The predicted molar refractivity (Wildman–Crippen MR) is 97.7 cm³/mol. The van der Waals surface area contributed by atoms with Gasteiger partial charge < -0.3 is 23.4 Å². The Balaban J connectivity index is 1.27. The zero-order valence-corrected chi connectivity index (χ0v) is 15.0. The van der Waals surface area contributed by atoms with Crippen molar-refractivity contribution in [3.8, 4) is 0 Å². The van der Waals surface area contributed by atoms with Crippen LogP contribution in [-0.2, 0) is 9.53 Å². The van der Waals surface area contributed by atoms with Crippen LogP contribution < -0.4 is 0 Å². The quantitative estimate of drug-likeness (QED) is 0.642. The van der Waals surface area contributed by atoms with Gasteiger partial charge in [-0.25, -0.2) is 4.79 Å². The van der Waals surface area contributed by atoms with Crippen LogP contribution in [0, 0.1) is 0 Å². The SMILES string of the molecule is O=C(OCC(=O)N1CCN(C(=O)c2ccco2)CC1)c1cc2ccccc2o1. The zero-order valence-electron chi connectivity index (χ0n) is 15.0. The lowest BCUT2D eigenvalue weighted by Gasteiger charge is -2.34. The maximum atomic E-state index is 12.3. The number of hydrogen-bond donors (Lipinski definition) is 0. The minimum atomic E-state index is -0.684. The molecule has 0 bridgehead atoms. The molecule has 0 unspecified atom stereocenters. The predicted octanol–water partition coefficient (Wildman–Crippen LogP) is 2.17. The van der Waals surface area contributed by atoms with Crippen LogP contribution in [0.1, 0.15) is 21.1 Å². The van der Waals surface area contributed by atoms with Gasteiger partial charge in [-0.3, -0.25) is 9.59 Å². The fourth-order valence-corrected chi connectivity index (χ4v) is 3.09. The van der Waals surface area contributed by atoms with Gasteiger partial charge in [0.2, 0.25) is 5.76 Å². The average Bonchev–Trinajstić information content (AvgIpc) is 3.41. The summed E-state index contributed by atoms with van der Waals surface area (Å²) in [5.74, 6) is -0.860. The number of benzene rings is 1. The van der Waals surface area contributed by atoms with Crippen LogP contribution in [0.2, 0.25) is 0 Å². The number of ether oxygens (including phenoxy) is 1. The van der Waals surface area contributed by atoms with Crippen LogP contribution in [0.15, 0.2) is 57.6 Å². The molecule has 0 radical (unpaired) electrons. The number of furan rings is 2. The fraction of sp³-hybridized carbons (Fsp3) is 0.250. The number of para-hydroxylation sites is 1. The molecule has 1 aliphatic heterocycles. The van der Waals surface area contributed by atoms with Gasteiger partial charge >= 0.3 is 5.97 Å². The van der Waals surface area contributed by atoms with Crippen LogP contribution in [-0.4, -0.2) is 60.4 Å². The smallest absolute Gasteiger partial charge is 0.374 e. The molecular formula is C20H18N2O6. The molecule has 1 saturated heterocycles. The molecule has 1 fully saturated rings. The number of esters is 1. The molecule has 0 N–H and O–H groups in total. The van der Waals surface area contributed by atoms with Crippen LogP contribution in [0.3, 0.4) is 0 Å². The van der Waals surface area contributed by atoms with Gasteiger partial charge in [0, 0.05) is 31.6 Å². The van der Waals surface area contributed by atoms with Crippen LogP contribution in [0.5, 0.6) is 0 Å². The number of amides is 2. The Hall–Kier alpha value is -3.55. The van der Waals surface area contributed by atoms with E-state index < -0.39 is 5.97 Å². The number of piperazine rings is 1. The van der Waals surface area contributed by atoms with E-state index in [1.54, 1.807) is 40.1 Å². The summed E-state index contributed by atoms with van der Waals surface area (Å²) < 4.78 is 15.6. The summed E-state index contributed by atoms with van der Waals surface area (Å²) in [4.78, 5) is 39.9. The van der Waals surface area contributed by atoms with Crippen molar-refractivity contribution < 1.29 is 28.0 Å². The number of carbonyl (C=O) groups is 3. The van der Waals surface area contributed by atoms with Crippen molar-refractivity contribution in [1.29, 1.82) is 0 Å². The molecule has 8 heteroatoms. The third kappa shape index (κ3) is 3.62. The Morgan fingerprint density at radius 2 is 1.68 bits per heavy atom. The van der Waals surface area contributed by atoms with Gasteiger partial charge in [0.1, 0.15) is 5.58 Å². The lowest BCUT2D eigenvalue weighted by molar-refractivity contribution is -0.136. The number of carbonyl (C=O) groups excluding carboxylic acids is 3. The van der Waals surface area contributed by atoms with Crippen molar-refractivity contribution in [2.24, 2.45) is 0 Å². The molecule has 0 aliphatic carbocycles. The first-order valence-corrected chi connectivity index (χ1v) is 8.88. The number of hydrogen-bond acceptors (Lipinski definition) is 6. The fourth-order valence-electron chi connectivity index (χ4n) is 3.09. The molecule has 1 aliphatic rings. The minimum absolute atomic E-state index is 0.0582. The maximum Gasteiger partial charge on any atom is 0.374 e. The van der Waals surface area contributed by atoms with Crippen molar-refractivity contribution in [1.82, 2.24) is 9.80 Å². The third-order valence-electron chi connectivity index (χ3n) is 4.60. The molecule has 144 valence electrons. The van der Waals surface area contributed by atoms with Crippen LogP contribution in [0.4, 0.5) is 0 Å². The van der Waals surface area contributed by atoms with Gasteiger partial charge in [0.05, 0.1) is 6.26 Å². The van der Waals surface area contributed by atoms with Crippen molar-refractivity contribution in [3.63, 3.8) is 0 Å². The van der Waals surface area contributed by atoms with Gasteiger partial charge in [-0.2, -0.15) is 0 Å². The summed E-state index contributed by atoms with van der Waals surface area (Å²) >= 11 is 0. The molecule has 0 saturated carbocycles. The van der Waals surface area contributed by atoms with Crippen molar-refractivity contribution in [2.45, 2.75) is 0 Å². The summed E-state index contributed by atoms with van der Waals surface area (Å²) in [6, 6.07) is 12.1. The van der Waals surface area contributed by atoms with E-state index in [4.69, 9.17) is 13.6 Å². The van der Waals surface area contributed by atoms with E-state index in [1.165, 1.54) is 6.26 Å². The van der Waals surface area contributed by atoms with Gasteiger partial charge in [-0.05, 0) is 24.3 Å². The van der Waals surface area contributed by atoms with E-state index in [1.807, 2.05) is 12.1 Å². The van der Waals surface area contributed by atoms with E-state index in [2.05, 4.69) is 0 Å². The van der Waals surface area contributed by atoms with Gasteiger partial charge in [0.15, 0.2) is 12.4 Å². The highest BCUT2D eigenvalue weighted by atomic mass is 16.5. The first kappa shape index (κ1) is 17.8. The molecule has 1 aromatic carbocycles. The Morgan fingerprint density at radius 1 is 0.929 bits per heavy atom. The van der Waals surface area contributed by atoms with Crippen molar-refractivity contribution in [2.75, 3.05) is 32.8 Å². The summed E-state index contributed by atoms with van der Waals surface area (Å²) in [5.41, 5.74) is 0.582. The zero-order chi connectivity index (χ0) is 19.5. The Morgan fingerprint density at radius 3 is 2.39 bits per heavy atom. The number of fused-ring (bicyclic) bond motifs is 1. The Kier molecular flexibility index (Phi) is 4.84. The summed E-state index contributed by atoms with van der Waals surface area (Å²) in [6.45, 7) is 1.15. The van der Waals surface area contributed by atoms with E-state index >= 15 is 0 Å². The molecule has 0 atom stereocenters. The molecular weight excluding hydrogens is 364 g/mol. The summed E-state index contributed by atoms with van der Waals surface area (Å²) in [5, 5.41) is 0.790. The molecule has 8 nitrogen and oxygen atoms in total. The maximum absolute atomic E-state index is 12.3. The Bertz CT molecular complexity index is 966. The monoisotopic (exact) mass is 382 g/mol. The first-order valence-electron chi connectivity index (χ1n) is 8.88. The lowest BCUT2D eigenvalue weighted by Crippen LogP contribution is -2.51. The van der Waals surface area contributed by atoms with E-state index in [0.717, 1.165) is 5.39 Å². The highest BCUT2D eigenvalue weighted by Crippen LogP contribution is 2.19. The van der Waals surface area contributed by atoms with Gasteiger partial charge in [-0.15, -0.1) is 0 Å².